The van der Waals surface area contributed by atoms with Gasteiger partial charge in [0.1, 0.15) is 5.69 Å². The molecule has 0 aliphatic rings. The Morgan fingerprint density at radius 2 is 1.95 bits per heavy atom. The Morgan fingerprint density at radius 1 is 1.25 bits per heavy atom. The van der Waals surface area contributed by atoms with Crippen LogP contribution in [0.2, 0.25) is 0 Å². The number of aromatic nitrogens is 1. The average Bonchev–Trinajstić information content (AvgIpc) is 2.77. The van der Waals surface area contributed by atoms with Gasteiger partial charge in [0.2, 0.25) is 0 Å². The van der Waals surface area contributed by atoms with Crippen molar-refractivity contribution in [2.75, 3.05) is 0 Å². The van der Waals surface area contributed by atoms with E-state index in [4.69, 9.17) is 0 Å². The maximum atomic E-state index is 12.8. The number of hydrogen-bond donors (Lipinski definition) is 0. The van der Waals surface area contributed by atoms with E-state index < -0.39 is 29.8 Å². The standard InChI is InChI=1S/C13H10F3NO2S/c1-8-5-6-10(20-8)9(18)7-17-11(13(14,15)16)3-2-4-12(17)19/h2-6H,7H2,1H3. The van der Waals surface area contributed by atoms with Crippen LogP contribution < -0.4 is 5.56 Å². The van der Waals surface area contributed by atoms with E-state index in [1.807, 2.05) is 0 Å². The van der Waals surface area contributed by atoms with Crippen molar-refractivity contribution < 1.29 is 18.0 Å². The van der Waals surface area contributed by atoms with E-state index in [9.17, 15) is 22.8 Å². The molecule has 0 atom stereocenters. The first kappa shape index (κ1) is 14.5. The summed E-state index contributed by atoms with van der Waals surface area (Å²) in [7, 11) is 0. The van der Waals surface area contributed by atoms with Gasteiger partial charge < -0.3 is 0 Å². The lowest BCUT2D eigenvalue weighted by atomic mass is 10.2. The van der Waals surface area contributed by atoms with Crippen molar-refractivity contribution in [3.8, 4) is 0 Å². The molecule has 7 heteroatoms. The lowest BCUT2D eigenvalue weighted by Crippen LogP contribution is -2.29. The minimum absolute atomic E-state index is 0.339. The topological polar surface area (TPSA) is 39.1 Å². The molecule has 3 nitrogen and oxygen atoms in total. The van der Waals surface area contributed by atoms with E-state index in [2.05, 4.69) is 0 Å². The summed E-state index contributed by atoms with van der Waals surface area (Å²) in [6.07, 6.45) is -4.67. The number of pyridine rings is 1. The van der Waals surface area contributed by atoms with E-state index in [-0.39, 0.29) is 0 Å². The number of hydrogen-bond acceptors (Lipinski definition) is 3. The zero-order valence-corrected chi connectivity index (χ0v) is 11.2. The molecule has 20 heavy (non-hydrogen) atoms. The van der Waals surface area contributed by atoms with Gasteiger partial charge in [-0.3, -0.25) is 14.2 Å². The molecule has 2 heterocycles. The molecule has 0 radical (unpaired) electrons. The number of nitrogens with zero attached hydrogens (tertiary/aromatic N) is 1. The molecule has 2 rings (SSSR count). The molecule has 2 aromatic rings. The van der Waals surface area contributed by atoms with Gasteiger partial charge in [0.05, 0.1) is 11.4 Å². The van der Waals surface area contributed by atoms with Gasteiger partial charge in [0, 0.05) is 10.9 Å². The first-order valence-corrected chi connectivity index (χ1v) is 6.47. The quantitative estimate of drug-likeness (QED) is 0.817. The lowest BCUT2D eigenvalue weighted by molar-refractivity contribution is -0.144. The number of carbonyl (C=O) groups excluding carboxylic acids is 1. The molecule has 0 unspecified atom stereocenters. The second-order valence-corrected chi connectivity index (χ2v) is 5.45. The molecule has 0 saturated carbocycles. The van der Waals surface area contributed by atoms with Crippen LogP contribution in [-0.4, -0.2) is 10.4 Å². The largest absolute Gasteiger partial charge is 0.431 e. The van der Waals surface area contributed by atoms with E-state index in [1.54, 1.807) is 19.1 Å². The second kappa shape index (κ2) is 5.24. The molecule has 106 valence electrons. The number of rotatable bonds is 3. The molecule has 0 aliphatic carbocycles. The van der Waals surface area contributed by atoms with Crippen molar-refractivity contribution >= 4 is 17.1 Å². The van der Waals surface area contributed by atoms with E-state index in [0.717, 1.165) is 23.1 Å². The number of aryl methyl sites for hydroxylation is 1. The van der Waals surface area contributed by atoms with Crippen LogP contribution in [-0.2, 0) is 12.7 Å². The molecule has 0 aliphatic heterocycles. The summed E-state index contributed by atoms with van der Waals surface area (Å²) < 4.78 is 38.9. The Bertz CT molecular complexity index is 700. The molecule has 2 aromatic heterocycles. The Kier molecular flexibility index (Phi) is 3.80. The number of Topliss-reactive ketones (excluding diaryl/α,β-unsaturated/α-hetero) is 1. The average molecular weight is 301 g/mol. The Labute approximate surface area is 116 Å². The fraction of sp³-hybridized carbons (Fsp3) is 0.231. The lowest BCUT2D eigenvalue weighted by Gasteiger charge is -2.13. The highest BCUT2D eigenvalue weighted by atomic mass is 32.1. The van der Waals surface area contributed by atoms with E-state index >= 15 is 0 Å². The smallest absolute Gasteiger partial charge is 0.296 e. The SMILES string of the molecule is Cc1ccc(C(=O)Cn2c(C(F)(F)F)cccc2=O)s1. The van der Waals surface area contributed by atoms with Crippen LogP contribution in [0.5, 0.6) is 0 Å². The highest BCUT2D eigenvalue weighted by molar-refractivity contribution is 7.14. The maximum Gasteiger partial charge on any atom is 0.431 e. The first-order valence-electron chi connectivity index (χ1n) is 5.66. The summed E-state index contributed by atoms with van der Waals surface area (Å²) in [5.41, 5.74) is -1.96. The number of alkyl halides is 3. The zero-order chi connectivity index (χ0) is 14.9. The maximum absolute atomic E-state index is 12.8. The van der Waals surface area contributed by atoms with Crippen LogP contribution in [0.15, 0.2) is 35.1 Å². The normalized spacial score (nSPS) is 11.6. The van der Waals surface area contributed by atoms with Gasteiger partial charge in [-0.25, -0.2) is 0 Å². The van der Waals surface area contributed by atoms with Crippen molar-refractivity contribution in [3.63, 3.8) is 0 Å². The number of halogens is 3. The van der Waals surface area contributed by atoms with Crippen molar-refractivity contribution in [2.45, 2.75) is 19.6 Å². The van der Waals surface area contributed by atoms with Crippen LogP contribution in [0.4, 0.5) is 13.2 Å². The monoisotopic (exact) mass is 301 g/mol. The Balaban J connectivity index is 2.39. The second-order valence-electron chi connectivity index (χ2n) is 4.17. The van der Waals surface area contributed by atoms with Gasteiger partial charge in [0.15, 0.2) is 5.78 Å². The van der Waals surface area contributed by atoms with Crippen LogP contribution in [0.25, 0.3) is 0 Å². The van der Waals surface area contributed by atoms with E-state index in [1.165, 1.54) is 11.3 Å². The van der Waals surface area contributed by atoms with Gasteiger partial charge in [-0.15, -0.1) is 11.3 Å². The minimum Gasteiger partial charge on any atom is -0.296 e. The summed E-state index contributed by atoms with van der Waals surface area (Å²) >= 11 is 1.19. The number of thiophene rings is 1. The van der Waals surface area contributed by atoms with Crippen molar-refractivity contribution in [1.29, 1.82) is 0 Å². The highest BCUT2D eigenvalue weighted by Crippen LogP contribution is 2.28. The third kappa shape index (κ3) is 2.98. The van der Waals surface area contributed by atoms with Crippen LogP contribution in [0, 0.1) is 6.92 Å². The highest BCUT2D eigenvalue weighted by Gasteiger charge is 2.34. The molecule has 0 bridgehead atoms. The predicted molar refractivity (Wildman–Crippen MR) is 69.1 cm³/mol. The van der Waals surface area contributed by atoms with Gasteiger partial charge in [0.25, 0.3) is 5.56 Å². The predicted octanol–water partition coefficient (Wildman–Crippen LogP) is 3.12. The van der Waals surface area contributed by atoms with Crippen LogP contribution in [0.1, 0.15) is 20.2 Å². The third-order valence-electron chi connectivity index (χ3n) is 2.66. The Morgan fingerprint density at radius 3 is 2.50 bits per heavy atom. The van der Waals surface area contributed by atoms with Gasteiger partial charge in [-0.1, -0.05) is 6.07 Å². The third-order valence-corrected chi connectivity index (χ3v) is 3.70. The van der Waals surface area contributed by atoms with Crippen LogP contribution >= 0.6 is 11.3 Å². The summed E-state index contributed by atoms with van der Waals surface area (Å²) in [4.78, 5) is 24.7. The molecular formula is C13H10F3NO2S. The molecule has 0 aromatic carbocycles. The van der Waals surface area contributed by atoms with Gasteiger partial charge >= 0.3 is 6.18 Å². The molecule has 0 spiro atoms. The number of carbonyl (C=O) groups is 1. The molecule has 0 N–H and O–H groups in total. The van der Waals surface area contributed by atoms with Crippen molar-refractivity contribution in [1.82, 2.24) is 4.57 Å². The summed E-state index contributed by atoms with van der Waals surface area (Å²) in [5, 5.41) is 0. The first-order chi connectivity index (χ1) is 9.29. The number of ketones is 1. The minimum atomic E-state index is -4.67. The Hall–Kier alpha value is -1.89. The van der Waals surface area contributed by atoms with Crippen molar-refractivity contribution in [3.05, 3.63) is 56.1 Å². The summed E-state index contributed by atoms with van der Waals surface area (Å²) in [5.74, 6) is -0.512. The molecule has 0 fully saturated rings. The molecular weight excluding hydrogens is 291 g/mol. The summed E-state index contributed by atoms with van der Waals surface area (Å²) in [6, 6.07) is 6.07. The molecule has 0 amide bonds. The van der Waals surface area contributed by atoms with Gasteiger partial charge in [-0.2, -0.15) is 13.2 Å². The fourth-order valence-electron chi connectivity index (χ4n) is 1.74. The fourth-order valence-corrected chi connectivity index (χ4v) is 2.53. The zero-order valence-electron chi connectivity index (χ0n) is 10.4. The summed E-state index contributed by atoms with van der Waals surface area (Å²) in [6.45, 7) is 1.17. The van der Waals surface area contributed by atoms with Crippen molar-refractivity contribution in [2.24, 2.45) is 0 Å². The van der Waals surface area contributed by atoms with Gasteiger partial charge in [-0.05, 0) is 25.1 Å². The van der Waals surface area contributed by atoms with E-state index in [0.29, 0.717) is 9.44 Å². The van der Waals surface area contributed by atoms with Crippen LogP contribution in [0.3, 0.4) is 0 Å². The molecule has 0 saturated heterocycles.